The van der Waals surface area contributed by atoms with Crippen LogP contribution >= 0.6 is 0 Å². The van der Waals surface area contributed by atoms with Gasteiger partial charge in [-0.25, -0.2) is 0 Å². The van der Waals surface area contributed by atoms with Crippen LogP contribution in [0.3, 0.4) is 0 Å². The number of fused-ring (bicyclic) bond motifs is 1. The van der Waals surface area contributed by atoms with Crippen LogP contribution in [-0.4, -0.2) is 23.5 Å². The number of nitrogens with one attached hydrogen (secondary N) is 2. The molecule has 0 radical (unpaired) electrons. The average Bonchev–Trinajstić information content (AvgIpc) is 3.24. The molecule has 144 valence electrons. The van der Waals surface area contributed by atoms with Gasteiger partial charge in [0.05, 0.1) is 10.6 Å². The molecule has 2 N–H and O–H groups in total. The van der Waals surface area contributed by atoms with E-state index < -0.39 is 10.0 Å². The van der Waals surface area contributed by atoms with Crippen LogP contribution in [0.4, 0.5) is 5.82 Å². The maximum atomic E-state index is 13.2. The largest absolute Gasteiger partial charge is 0.307 e. The molecule has 0 bridgehead atoms. The fourth-order valence-electron chi connectivity index (χ4n) is 3.24. The molecule has 1 aliphatic rings. The summed E-state index contributed by atoms with van der Waals surface area (Å²) < 4.78 is 27.4. The molecule has 1 aliphatic heterocycles. The third-order valence-electron chi connectivity index (χ3n) is 4.66. The van der Waals surface area contributed by atoms with Gasteiger partial charge in [-0.1, -0.05) is 29.8 Å². The molecule has 1 aromatic heterocycles. The number of benzene rings is 2. The highest BCUT2D eigenvalue weighted by Gasteiger charge is 2.30. The second-order valence-corrected chi connectivity index (χ2v) is 8.63. The second-order valence-electron chi connectivity index (χ2n) is 6.87. The summed E-state index contributed by atoms with van der Waals surface area (Å²) in [5.41, 5.74) is 3.54. The third kappa shape index (κ3) is 3.21. The van der Waals surface area contributed by atoms with Crippen molar-refractivity contribution in [2.24, 2.45) is 0 Å². The summed E-state index contributed by atoms with van der Waals surface area (Å²) in [5.74, 6) is -0.188. The highest BCUT2D eigenvalue weighted by molar-refractivity contribution is 7.90. The Morgan fingerprint density at radius 1 is 1.07 bits per heavy atom. The molecule has 0 saturated carbocycles. The van der Waals surface area contributed by atoms with E-state index in [-0.39, 0.29) is 16.6 Å². The molecule has 0 unspecified atom stereocenters. The summed E-state index contributed by atoms with van der Waals surface area (Å²) in [6.45, 7) is 4.62. The van der Waals surface area contributed by atoms with E-state index in [1.54, 1.807) is 30.3 Å². The molecular formula is C20H20N4O3S. The summed E-state index contributed by atoms with van der Waals surface area (Å²) in [6, 6.07) is 13.8. The van der Waals surface area contributed by atoms with E-state index in [0.717, 1.165) is 15.2 Å². The van der Waals surface area contributed by atoms with Crippen molar-refractivity contribution in [2.75, 3.05) is 5.32 Å². The van der Waals surface area contributed by atoms with Crippen molar-refractivity contribution in [1.82, 2.24) is 14.5 Å². The maximum Gasteiger partial charge on any atom is 0.284 e. The Morgan fingerprint density at radius 2 is 1.79 bits per heavy atom. The van der Waals surface area contributed by atoms with Crippen molar-refractivity contribution < 1.29 is 13.2 Å². The number of carbonyl (C=O) groups is 1. The van der Waals surface area contributed by atoms with Crippen molar-refractivity contribution in [1.29, 1.82) is 0 Å². The number of hydrogen-bond acceptors (Lipinski definition) is 5. The predicted octanol–water partition coefficient (Wildman–Crippen LogP) is 2.59. The van der Waals surface area contributed by atoms with Crippen molar-refractivity contribution in [2.45, 2.75) is 31.8 Å². The lowest BCUT2D eigenvalue weighted by Crippen LogP contribution is -2.23. The third-order valence-corrected chi connectivity index (χ3v) is 6.23. The van der Waals surface area contributed by atoms with E-state index in [0.29, 0.717) is 29.9 Å². The van der Waals surface area contributed by atoms with Gasteiger partial charge in [0.25, 0.3) is 15.9 Å². The zero-order valence-electron chi connectivity index (χ0n) is 15.6. The molecule has 7 nitrogen and oxygen atoms in total. The Kier molecular flexibility index (Phi) is 4.52. The molecule has 0 fully saturated rings. The Hall–Kier alpha value is -2.97. The maximum absolute atomic E-state index is 13.2. The smallest absolute Gasteiger partial charge is 0.284 e. The monoisotopic (exact) mass is 396 g/mol. The lowest BCUT2D eigenvalue weighted by Gasteiger charge is -2.12. The van der Waals surface area contributed by atoms with Gasteiger partial charge in [0.1, 0.15) is 0 Å². The van der Waals surface area contributed by atoms with Gasteiger partial charge in [-0.3, -0.25) is 4.79 Å². The van der Waals surface area contributed by atoms with Crippen molar-refractivity contribution >= 4 is 21.7 Å². The van der Waals surface area contributed by atoms with Gasteiger partial charge in [-0.15, -0.1) is 4.09 Å². The molecule has 2 heterocycles. The molecule has 1 amide bonds. The highest BCUT2D eigenvalue weighted by Crippen LogP contribution is 2.28. The van der Waals surface area contributed by atoms with Crippen LogP contribution in [0.1, 0.15) is 32.7 Å². The molecule has 3 aromatic rings. The van der Waals surface area contributed by atoms with E-state index in [1.165, 1.54) is 6.07 Å². The Bertz CT molecular complexity index is 1180. The quantitative estimate of drug-likeness (QED) is 0.707. The van der Waals surface area contributed by atoms with Crippen molar-refractivity contribution in [3.8, 4) is 0 Å². The van der Waals surface area contributed by atoms with Crippen LogP contribution in [0.5, 0.6) is 0 Å². The first-order chi connectivity index (χ1) is 13.4. The fourth-order valence-corrected chi connectivity index (χ4v) is 4.63. The first-order valence-electron chi connectivity index (χ1n) is 8.88. The van der Waals surface area contributed by atoms with Crippen LogP contribution in [0.2, 0.25) is 0 Å². The van der Waals surface area contributed by atoms with Crippen LogP contribution in [0.25, 0.3) is 0 Å². The molecular weight excluding hydrogens is 376 g/mol. The molecule has 0 spiro atoms. The van der Waals surface area contributed by atoms with E-state index in [2.05, 4.69) is 15.7 Å². The molecule has 0 aliphatic carbocycles. The number of hydrogen-bond donors (Lipinski definition) is 2. The van der Waals surface area contributed by atoms with Crippen molar-refractivity contribution in [3.05, 3.63) is 76.5 Å². The van der Waals surface area contributed by atoms with Crippen LogP contribution < -0.4 is 10.6 Å². The van der Waals surface area contributed by atoms with Gasteiger partial charge in [-0.2, -0.15) is 13.5 Å². The summed E-state index contributed by atoms with van der Waals surface area (Å²) in [6.07, 6.45) is 0. The Balaban J connectivity index is 1.79. The van der Waals surface area contributed by atoms with Crippen LogP contribution in [0, 0.1) is 13.8 Å². The lowest BCUT2D eigenvalue weighted by molar-refractivity contribution is 0.102. The normalized spacial score (nSPS) is 13.4. The first-order valence-corrected chi connectivity index (χ1v) is 10.3. The average molecular weight is 396 g/mol. The van der Waals surface area contributed by atoms with Crippen LogP contribution in [0.15, 0.2) is 53.4 Å². The Morgan fingerprint density at radius 3 is 2.50 bits per heavy atom. The van der Waals surface area contributed by atoms with Gasteiger partial charge >= 0.3 is 0 Å². The van der Waals surface area contributed by atoms with Gasteiger partial charge in [0.2, 0.25) is 0 Å². The number of rotatable bonds is 4. The van der Waals surface area contributed by atoms with E-state index in [1.807, 2.05) is 26.0 Å². The molecule has 8 heteroatoms. The molecule has 0 atom stereocenters. The van der Waals surface area contributed by atoms with Crippen LogP contribution in [-0.2, 0) is 23.1 Å². The minimum atomic E-state index is -3.94. The molecule has 4 rings (SSSR count). The Labute approximate surface area is 163 Å². The molecule has 0 saturated heterocycles. The summed E-state index contributed by atoms with van der Waals surface area (Å²) >= 11 is 0. The lowest BCUT2D eigenvalue weighted by atomic mass is 10.1. The second kappa shape index (κ2) is 6.88. The fraction of sp³-hybridized carbons (Fsp3) is 0.200. The van der Waals surface area contributed by atoms with E-state index in [4.69, 9.17) is 0 Å². The number of nitrogens with zero attached hydrogens (tertiary/aromatic N) is 2. The SMILES string of the molecule is Cc1cccc(C(=O)Nc2c3c(nn2S(=O)(=O)c2cccc(C)c2)CNC3)c1. The number of aryl methyl sites for hydroxylation is 2. The van der Waals surface area contributed by atoms with E-state index in [9.17, 15) is 13.2 Å². The first kappa shape index (κ1) is 18.4. The number of carbonyl (C=O) groups excluding carboxylic acids is 1. The predicted molar refractivity (Wildman–Crippen MR) is 106 cm³/mol. The number of anilines is 1. The standard InChI is InChI=1S/C20H20N4O3S/c1-13-5-3-7-15(9-13)20(25)22-19-17-11-21-12-18(17)23-24(19)28(26,27)16-8-4-6-14(2)10-16/h3-10,21H,11-12H2,1-2H3,(H,22,25). The van der Waals surface area contributed by atoms with E-state index >= 15 is 0 Å². The minimum Gasteiger partial charge on any atom is -0.307 e. The van der Waals surface area contributed by atoms with Gasteiger partial charge in [-0.05, 0) is 43.7 Å². The van der Waals surface area contributed by atoms with Gasteiger partial charge in [0.15, 0.2) is 5.82 Å². The summed E-state index contributed by atoms with van der Waals surface area (Å²) in [7, 11) is -3.94. The molecule has 28 heavy (non-hydrogen) atoms. The highest BCUT2D eigenvalue weighted by atomic mass is 32.2. The minimum absolute atomic E-state index is 0.132. The van der Waals surface area contributed by atoms with Crippen molar-refractivity contribution in [3.63, 3.8) is 0 Å². The topological polar surface area (TPSA) is 93.1 Å². The van der Waals surface area contributed by atoms with Gasteiger partial charge < -0.3 is 10.6 Å². The number of aromatic nitrogens is 2. The number of amides is 1. The zero-order valence-corrected chi connectivity index (χ0v) is 16.4. The zero-order chi connectivity index (χ0) is 19.9. The molecule has 2 aromatic carbocycles. The summed E-state index contributed by atoms with van der Waals surface area (Å²) in [5, 5.41) is 10.2. The summed E-state index contributed by atoms with van der Waals surface area (Å²) in [4.78, 5) is 12.9. The van der Waals surface area contributed by atoms with Gasteiger partial charge in [0, 0.05) is 24.2 Å².